The summed E-state index contributed by atoms with van der Waals surface area (Å²) in [4.78, 5) is 16.4. The van der Waals surface area contributed by atoms with Crippen molar-refractivity contribution < 1.29 is 4.79 Å². The number of rotatable bonds is 6. The Morgan fingerprint density at radius 2 is 1.42 bits per heavy atom. The number of carbonyl (C=O) groups excluding carboxylic acids is 1. The van der Waals surface area contributed by atoms with Gasteiger partial charge in [-0.05, 0) is 127 Å². The first kappa shape index (κ1) is 46.6. The summed E-state index contributed by atoms with van der Waals surface area (Å²) in [6.45, 7) is 27.7. The van der Waals surface area contributed by atoms with Crippen LogP contribution in [-0.4, -0.2) is 68.0 Å². The third kappa shape index (κ3) is 16.1. The minimum atomic E-state index is -0.0315. The average Bonchev–Trinajstić information content (AvgIpc) is 3.74. The summed E-state index contributed by atoms with van der Waals surface area (Å²) in [5.41, 5.74) is 7.32. The van der Waals surface area contributed by atoms with E-state index >= 15 is 0 Å². The van der Waals surface area contributed by atoms with Crippen LogP contribution in [0.4, 0.5) is 5.69 Å². The van der Waals surface area contributed by atoms with Gasteiger partial charge in [0.2, 0.25) is 0 Å². The number of fused-ring (bicyclic) bond motifs is 1. The molecule has 282 valence electrons. The average molecular weight is 690 g/mol. The molecule has 6 heteroatoms. The van der Waals surface area contributed by atoms with Crippen molar-refractivity contribution >= 4 is 28.6 Å². The number of nitrogens with zero attached hydrogens (tertiary/aromatic N) is 3. The number of anilines is 1. The molecule has 0 radical (unpaired) electrons. The maximum absolute atomic E-state index is 11.8. The number of benzene rings is 2. The van der Waals surface area contributed by atoms with Gasteiger partial charge >= 0.3 is 0 Å². The van der Waals surface area contributed by atoms with Gasteiger partial charge in [0.1, 0.15) is 6.29 Å². The van der Waals surface area contributed by atoms with Crippen LogP contribution in [-0.2, 0) is 18.9 Å². The number of hydrogen-bond donors (Lipinski definition) is 2. The molecule has 2 aliphatic heterocycles. The van der Waals surface area contributed by atoms with E-state index in [0.29, 0.717) is 0 Å². The molecule has 0 aliphatic carbocycles. The lowest BCUT2D eigenvalue weighted by Gasteiger charge is -2.24. The quantitative estimate of drug-likeness (QED) is 0.252. The van der Waals surface area contributed by atoms with Crippen molar-refractivity contribution in [1.29, 1.82) is 0 Å². The Labute approximate surface area is 308 Å². The summed E-state index contributed by atoms with van der Waals surface area (Å²) < 4.78 is 2.21. The summed E-state index contributed by atoms with van der Waals surface area (Å²) in [5, 5.41) is 7.60. The Hall–Kier alpha value is -3.35. The predicted octanol–water partition coefficient (Wildman–Crippen LogP) is 10.9. The van der Waals surface area contributed by atoms with Crippen LogP contribution in [0.1, 0.15) is 128 Å². The van der Waals surface area contributed by atoms with Crippen molar-refractivity contribution in [3.63, 3.8) is 0 Å². The van der Waals surface area contributed by atoms with E-state index in [-0.39, 0.29) is 5.41 Å². The second-order valence-corrected chi connectivity index (χ2v) is 13.8. The predicted molar refractivity (Wildman–Crippen MR) is 225 cm³/mol. The van der Waals surface area contributed by atoms with Crippen LogP contribution in [0.15, 0.2) is 61.3 Å². The van der Waals surface area contributed by atoms with E-state index in [9.17, 15) is 4.79 Å². The van der Waals surface area contributed by atoms with E-state index in [4.69, 9.17) is 0 Å². The third-order valence-corrected chi connectivity index (χ3v) is 8.40. The van der Waals surface area contributed by atoms with Crippen molar-refractivity contribution in [2.24, 2.45) is 7.05 Å². The zero-order valence-corrected chi connectivity index (χ0v) is 34.5. The first-order chi connectivity index (χ1) is 23.9. The van der Waals surface area contributed by atoms with Gasteiger partial charge in [-0.3, -0.25) is 4.79 Å². The lowest BCUT2D eigenvalue weighted by Crippen LogP contribution is -2.23. The van der Waals surface area contributed by atoms with E-state index in [2.05, 4.69) is 130 Å². The van der Waals surface area contributed by atoms with Crippen LogP contribution in [0, 0.1) is 0 Å². The molecule has 50 heavy (non-hydrogen) atoms. The number of aryl methyl sites for hydroxylation is 1. The Morgan fingerprint density at radius 3 is 1.82 bits per heavy atom. The monoisotopic (exact) mass is 690 g/mol. The minimum Gasteiger partial charge on any atom is -0.378 e. The van der Waals surface area contributed by atoms with Gasteiger partial charge in [-0.15, -0.1) is 0 Å². The number of likely N-dealkylation sites (tertiary alicyclic amines) is 2. The molecule has 2 saturated heterocycles. The molecular formula is C44H75N5O. The fourth-order valence-corrected chi connectivity index (χ4v) is 5.69. The molecule has 2 aliphatic rings. The molecule has 3 heterocycles. The molecule has 0 atom stereocenters. The van der Waals surface area contributed by atoms with E-state index < -0.39 is 0 Å². The second-order valence-electron chi connectivity index (χ2n) is 13.8. The van der Waals surface area contributed by atoms with Gasteiger partial charge in [0.05, 0.1) is 11.4 Å². The highest BCUT2D eigenvalue weighted by molar-refractivity contribution is 5.90. The molecule has 2 aromatic carbocycles. The fourth-order valence-electron chi connectivity index (χ4n) is 5.69. The lowest BCUT2D eigenvalue weighted by atomic mass is 9.84. The molecular weight excluding hydrogens is 615 g/mol. The zero-order valence-electron chi connectivity index (χ0n) is 34.5. The summed E-state index contributed by atoms with van der Waals surface area (Å²) in [6.07, 6.45) is 14.0. The molecule has 2 fully saturated rings. The van der Waals surface area contributed by atoms with Gasteiger partial charge in [0.15, 0.2) is 0 Å². The van der Waals surface area contributed by atoms with Gasteiger partial charge < -0.3 is 25.0 Å². The molecule has 0 unspecified atom stereocenters. The number of carbonyl (C=O) groups is 1. The topological polar surface area (TPSA) is 52.5 Å². The molecule has 0 spiro atoms. The van der Waals surface area contributed by atoms with E-state index in [1.54, 1.807) is 0 Å². The molecule has 5 rings (SSSR count). The van der Waals surface area contributed by atoms with Crippen LogP contribution in [0.2, 0.25) is 0 Å². The van der Waals surface area contributed by atoms with Crippen LogP contribution in [0.5, 0.6) is 0 Å². The Morgan fingerprint density at radius 1 is 0.880 bits per heavy atom. The van der Waals surface area contributed by atoms with Crippen LogP contribution in [0.3, 0.4) is 0 Å². The normalized spacial score (nSPS) is 14.2. The van der Waals surface area contributed by atoms with Crippen LogP contribution < -0.4 is 10.6 Å². The number of aldehydes is 1. The second kappa shape index (κ2) is 26.5. The molecule has 3 aromatic rings. The molecule has 0 saturated carbocycles. The van der Waals surface area contributed by atoms with Gasteiger partial charge in [-0.2, -0.15) is 0 Å². The number of aromatic nitrogens is 1. The summed E-state index contributed by atoms with van der Waals surface area (Å²) >= 11 is 0. The highest BCUT2D eigenvalue weighted by Crippen LogP contribution is 2.33. The SMILES string of the molecule is C/C=C(\Nc1cc(C(C)(C)C)cc(C=O)c1CC)c1cc2ccccc2n1C.C=CN1CCCCC1.CC.CCC.CN1CCCC1.CNC. The number of nitrogens with one attached hydrogen (secondary N) is 2. The van der Waals surface area contributed by atoms with E-state index in [0.717, 1.165) is 46.5 Å². The van der Waals surface area contributed by atoms with Gasteiger partial charge in [-0.1, -0.05) is 92.7 Å². The number of hydrogen-bond acceptors (Lipinski definition) is 5. The van der Waals surface area contributed by atoms with Crippen molar-refractivity contribution in [2.45, 2.75) is 113 Å². The fraction of sp³-hybridized carbons (Fsp3) is 0.568. The first-order valence-electron chi connectivity index (χ1n) is 19.2. The van der Waals surface area contributed by atoms with Crippen LogP contribution in [0.25, 0.3) is 16.6 Å². The zero-order chi connectivity index (χ0) is 38.1. The van der Waals surface area contributed by atoms with E-state index in [1.807, 2.05) is 47.1 Å². The largest absolute Gasteiger partial charge is 0.378 e. The maximum atomic E-state index is 11.8. The van der Waals surface area contributed by atoms with E-state index in [1.165, 1.54) is 75.6 Å². The lowest BCUT2D eigenvalue weighted by molar-refractivity contribution is 0.112. The van der Waals surface area contributed by atoms with Gasteiger partial charge in [0, 0.05) is 42.3 Å². The highest BCUT2D eigenvalue weighted by Gasteiger charge is 2.19. The maximum Gasteiger partial charge on any atom is 0.150 e. The molecule has 6 nitrogen and oxygen atoms in total. The Bertz CT molecular complexity index is 1370. The van der Waals surface area contributed by atoms with Gasteiger partial charge in [0.25, 0.3) is 0 Å². The Kier molecular flexibility index (Phi) is 24.7. The van der Waals surface area contributed by atoms with Crippen molar-refractivity contribution in [1.82, 2.24) is 19.7 Å². The smallest absolute Gasteiger partial charge is 0.150 e. The van der Waals surface area contributed by atoms with Crippen molar-refractivity contribution in [3.8, 4) is 0 Å². The molecule has 0 bridgehead atoms. The number of para-hydroxylation sites is 1. The summed E-state index contributed by atoms with van der Waals surface area (Å²) in [6, 6.07) is 14.8. The molecule has 0 amide bonds. The molecule has 1 aromatic heterocycles. The first-order valence-corrected chi connectivity index (χ1v) is 19.2. The van der Waals surface area contributed by atoms with Crippen LogP contribution >= 0.6 is 0 Å². The number of piperidine rings is 1. The molecule has 2 N–H and O–H groups in total. The summed E-state index contributed by atoms with van der Waals surface area (Å²) in [5.74, 6) is 0. The summed E-state index contributed by atoms with van der Waals surface area (Å²) in [7, 11) is 8.01. The number of allylic oxidation sites excluding steroid dienone is 1. The highest BCUT2D eigenvalue weighted by atomic mass is 16.1. The minimum absolute atomic E-state index is 0.0315. The standard InChI is InChI=1S/C25H30N2O.C7H13N.C5H11N.C3H8.C2H7N.C2H6/c1-7-20-18(16-28)13-19(25(3,4)5)15-22(20)26-21(8-2)24-14-17-11-9-10-12-23(17)27(24)6;1-2-8-6-4-3-5-7-8;1-6-4-2-3-5-6;2*1-3-2;1-2/h8-16,26H,7H2,1-6H3;2H,1,3-7H2;2-5H2,1H3;3H2,1-2H3;3H,1-2H3;1-2H3/b21-8-;;;;;. The third-order valence-electron chi connectivity index (χ3n) is 8.40. The Balaban J connectivity index is 0.000000880. The van der Waals surface area contributed by atoms with Crippen molar-refractivity contribution in [3.05, 3.63) is 83.7 Å². The van der Waals surface area contributed by atoms with Gasteiger partial charge in [-0.25, -0.2) is 0 Å². The van der Waals surface area contributed by atoms with Crippen molar-refractivity contribution in [2.75, 3.05) is 52.6 Å².